The van der Waals surface area contributed by atoms with E-state index in [-0.39, 0.29) is 23.4 Å². The van der Waals surface area contributed by atoms with E-state index in [9.17, 15) is 20.2 Å². The summed E-state index contributed by atoms with van der Waals surface area (Å²) in [6.07, 6.45) is 1.50. The van der Waals surface area contributed by atoms with E-state index >= 15 is 0 Å². The summed E-state index contributed by atoms with van der Waals surface area (Å²) in [4.78, 5) is 20.0. The Hall–Kier alpha value is -2.24. The lowest BCUT2D eigenvalue weighted by Gasteiger charge is -2.00. The first-order valence-corrected chi connectivity index (χ1v) is 4.09. The first-order valence-electron chi connectivity index (χ1n) is 4.09. The number of nitro benzene ring substituents is 2. The molecule has 0 saturated carbocycles. The molecule has 0 aromatic heterocycles. The van der Waals surface area contributed by atoms with Crippen molar-refractivity contribution in [2.45, 2.75) is 6.42 Å². The van der Waals surface area contributed by atoms with Gasteiger partial charge in [0.25, 0.3) is 11.4 Å². The van der Waals surface area contributed by atoms with Crippen LogP contribution in [0.15, 0.2) is 30.9 Å². The lowest BCUT2D eigenvalue weighted by Crippen LogP contribution is -1.99. The zero-order chi connectivity index (χ0) is 11.4. The fraction of sp³-hybridized carbons (Fsp3) is 0.111. The quantitative estimate of drug-likeness (QED) is 0.431. The Kier molecular flexibility index (Phi) is 3.12. The minimum absolute atomic E-state index is 0.0856. The number of benzene rings is 1. The third-order valence-corrected chi connectivity index (χ3v) is 1.87. The van der Waals surface area contributed by atoms with Crippen LogP contribution in [0.5, 0.6) is 0 Å². The van der Waals surface area contributed by atoms with Crippen LogP contribution in [0.3, 0.4) is 0 Å². The molecule has 0 bridgehead atoms. The molecule has 0 amide bonds. The number of nitro groups is 2. The Morgan fingerprint density at radius 3 is 2.00 bits per heavy atom. The van der Waals surface area contributed by atoms with Gasteiger partial charge in [-0.15, -0.1) is 6.58 Å². The molecule has 0 radical (unpaired) electrons. The molecule has 0 aliphatic rings. The smallest absolute Gasteiger partial charge is 0.258 e. The minimum atomic E-state index is -0.633. The van der Waals surface area contributed by atoms with Gasteiger partial charge in [0.05, 0.1) is 9.85 Å². The van der Waals surface area contributed by atoms with Gasteiger partial charge in [-0.2, -0.15) is 0 Å². The van der Waals surface area contributed by atoms with Crippen LogP contribution in [0.25, 0.3) is 0 Å². The monoisotopic (exact) mass is 208 g/mol. The largest absolute Gasteiger partial charge is 0.279 e. The van der Waals surface area contributed by atoms with Crippen molar-refractivity contribution in [3.05, 3.63) is 56.6 Å². The predicted octanol–water partition coefficient (Wildman–Crippen LogP) is 2.23. The van der Waals surface area contributed by atoms with Gasteiger partial charge < -0.3 is 0 Å². The topological polar surface area (TPSA) is 86.3 Å². The molecule has 1 aromatic carbocycles. The first kappa shape index (κ1) is 10.8. The fourth-order valence-electron chi connectivity index (χ4n) is 1.26. The minimum Gasteiger partial charge on any atom is -0.258 e. The molecule has 6 nitrogen and oxygen atoms in total. The maximum absolute atomic E-state index is 10.6. The van der Waals surface area contributed by atoms with E-state index in [1.807, 2.05) is 0 Å². The second-order valence-electron chi connectivity index (χ2n) is 2.78. The zero-order valence-corrected chi connectivity index (χ0v) is 7.75. The van der Waals surface area contributed by atoms with E-state index in [1.165, 1.54) is 24.3 Å². The molecule has 0 aliphatic carbocycles. The molecule has 0 unspecified atom stereocenters. The summed E-state index contributed by atoms with van der Waals surface area (Å²) in [7, 11) is 0. The Bertz CT molecular complexity index is 396. The van der Waals surface area contributed by atoms with Crippen molar-refractivity contribution in [1.29, 1.82) is 0 Å². The summed E-state index contributed by atoms with van der Waals surface area (Å²) in [6.45, 7) is 3.41. The highest BCUT2D eigenvalue weighted by atomic mass is 16.6. The van der Waals surface area contributed by atoms with E-state index < -0.39 is 9.85 Å². The van der Waals surface area contributed by atoms with Crippen molar-refractivity contribution >= 4 is 11.4 Å². The Morgan fingerprint density at radius 2 is 1.67 bits per heavy atom. The highest BCUT2D eigenvalue weighted by Gasteiger charge is 2.22. The fourth-order valence-corrected chi connectivity index (χ4v) is 1.26. The lowest BCUT2D eigenvalue weighted by molar-refractivity contribution is -0.395. The SMILES string of the molecule is C=CCc1c([N+](=O)[O-])cccc1[N+](=O)[O-]. The van der Waals surface area contributed by atoms with Crippen LogP contribution >= 0.6 is 0 Å². The van der Waals surface area contributed by atoms with Crippen molar-refractivity contribution in [1.82, 2.24) is 0 Å². The first-order chi connectivity index (χ1) is 7.07. The Morgan fingerprint density at radius 1 is 1.20 bits per heavy atom. The van der Waals surface area contributed by atoms with Gasteiger partial charge in [-0.1, -0.05) is 6.08 Å². The molecular weight excluding hydrogens is 200 g/mol. The normalized spacial score (nSPS) is 9.60. The molecule has 0 fully saturated rings. The van der Waals surface area contributed by atoms with Gasteiger partial charge in [0, 0.05) is 18.6 Å². The average molecular weight is 208 g/mol. The van der Waals surface area contributed by atoms with Crippen LogP contribution in [0.1, 0.15) is 5.56 Å². The lowest BCUT2D eigenvalue weighted by atomic mass is 10.1. The second-order valence-corrected chi connectivity index (χ2v) is 2.78. The van der Waals surface area contributed by atoms with Crippen LogP contribution in [-0.2, 0) is 6.42 Å². The zero-order valence-electron chi connectivity index (χ0n) is 7.75. The number of hydrogen-bond acceptors (Lipinski definition) is 4. The average Bonchev–Trinajstić information content (AvgIpc) is 2.17. The molecule has 1 aromatic rings. The third kappa shape index (κ3) is 2.16. The summed E-state index contributed by atoms with van der Waals surface area (Å²) in [6, 6.07) is 3.78. The van der Waals surface area contributed by atoms with Crippen LogP contribution in [0.4, 0.5) is 11.4 Å². The van der Waals surface area contributed by atoms with Crippen LogP contribution in [0.2, 0.25) is 0 Å². The summed E-state index contributed by atoms with van der Waals surface area (Å²) >= 11 is 0. The van der Waals surface area contributed by atoms with Crippen LogP contribution in [0, 0.1) is 20.2 Å². The molecule has 6 heteroatoms. The van der Waals surface area contributed by atoms with E-state index in [2.05, 4.69) is 6.58 Å². The van der Waals surface area contributed by atoms with Crippen LogP contribution in [-0.4, -0.2) is 9.85 Å². The number of allylic oxidation sites excluding steroid dienone is 1. The van der Waals surface area contributed by atoms with Gasteiger partial charge in [-0.25, -0.2) is 0 Å². The summed E-state index contributed by atoms with van der Waals surface area (Å²) in [5.74, 6) is 0. The summed E-state index contributed by atoms with van der Waals surface area (Å²) < 4.78 is 0. The van der Waals surface area contributed by atoms with Gasteiger partial charge >= 0.3 is 0 Å². The second kappa shape index (κ2) is 4.32. The number of hydrogen-bond donors (Lipinski definition) is 0. The van der Waals surface area contributed by atoms with Crippen molar-refractivity contribution in [2.24, 2.45) is 0 Å². The van der Waals surface area contributed by atoms with Gasteiger partial charge in [-0.05, 0) is 6.07 Å². The molecule has 0 N–H and O–H groups in total. The van der Waals surface area contributed by atoms with Crippen LogP contribution < -0.4 is 0 Å². The van der Waals surface area contributed by atoms with Crippen molar-refractivity contribution in [3.63, 3.8) is 0 Å². The molecule has 0 spiro atoms. The number of nitrogens with zero attached hydrogens (tertiary/aromatic N) is 2. The van der Waals surface area contributed by atoms with E-state index in [0.717, 1.165) is 0 Å². The summed E-state index contributed by atoms with van der Waals surface area (Å²) in [5.41, 5.74) is -0.407. The Labute approximate surface area is 85.1 Å². The molecule has 0 saturated heterocycles. The van der Waals surface area contributed by atoms with Gasteiger partial charge in [0.15, 0.2) is 0 Å². The van der Waals surface area contributed by atoms with Crippen molar-refractivity contribution in [2.75, 3.05) is 0 Å². The molecule has 1 rings (SSSR count). The van der Waals surface area contributed by atoms with Gasteiger partial charge in [-0.3, -0.25) is 20.2 Å². The Balaban J connectivity index is 3.40. The molecule has 0 atom stereocenters. The maximum Gasteiger partial charge on any atom is 0.279 e. The third-order valence-electron chi connectivity index (χ3n) is 1.87. The maximum atomic E-state index is 10.6. The molecule has 0 heterocycles. The molecule has 15 heavy (non-hydrogen) atoms. The molecular formula is C9H8N2O4. The van der Waals surface area contributed by atoms with E-state index in [4.69, 9.17) is 0 Å². The summed E-state index contributed by atoms with van der Waals surface area (Å²) in [5, 5.41) is 21.2. The predicted molar refractivity (Wildman–Crippen MR) is 53.7 cm³/mol. The van der Waals surface area contributed by atoms with Crippen molar-refractivity contribution in [3.8, 4) is 0 Å². The molecule has 78 valence electrons. The van der Waals surface area contributed by atoms with E-state index in [1.54, 1.807) is 0 Å². The number of rotatable bonds is 4. The van der Waals surface area contributed by atoms with Gasteiger partial charge in [0.1, 0.15) is 5.56 Å². The standard InChI is InChI=1S/C9H8N2O4/c1-2-4-7-8(10(12)13)5-3-6-9(7)11(14)15/h2-3,5-6H,1,4H2. The highest BCUT2D eigenvalue weighted by molar-refractivity contribution is 5.54. The highest BCUT2D eigenvalue weighted by Crippen LogP contribution is 2.28. The van der Waals surface area contributed by atoms with E-state index in [0.29, 0.717) is 0 Å². The molecule has 0 aliphatic heterocycles. The van der Waals surface area contributed by atoms with Crippen molar-refractivity contribution < 1.29 is 9.85 Å². The van der Waals surface area contributed by atoms with Gasteiger partial charge in [0.2, 0.25) is 0 Å².